The molecule has 21 heavy (non-hydrogen) atoms. The van der Waals surface area contributed by atoms with Crippen LogP contribution in [0.15, 0.2) is 4.79 Å². The first kappa shape index (κ1) is 15.7. The average Bonchev–Trinajstić information content (AvgIpc) is 2.53. The smallest absolute Gasteiger partial charge is 0.277 e. The van der Waals surface area contributed by atoms with E-state index in [9.17, 15) is 9.59 Å². The predicted molar refractivity (Wildman–Crippen MR) is 81.5 cm³/mol. The summed E-state index contributed by atoms with van der Waals surface area (Å²) in [7, 11) is 0. The van der Waals surface area contributed by atoms with Gasteiger partial charge in [0.15, 0.2) is 0 Å². The molecular weight excluding hydrogens is 268 g/mol. The van der Waals surface area contributed by atoms with Crippen molar-refractivity contribution in [2.75, 3.05) is 19.6 Å². The number of carbonyl (C=O) groups is 1. The molecule has 1 saturated heterocycles. The third-order valence-corrected chi connectivity index (χ3v) is 4.04. The van der Waals surface area contributed by atoms with Crippen LogP contribution in [-0.2, 0) is 12.8 Å². The molecule has 2 heterocycles. The van der Waals surface area contributed by atoms with Crippen molar-refractivity contribution in [1.82, 2.24) is 20.8 Å². The average molecular weight is 292 g/mol. The van der Waals surface area contributed by atoms with Crippen LogP contribution in [0.3, 0.4) is 0 Å². The molecule has 0 aliphatic carbocycles. The van der Waals surface area contributed by atoms with Crippen molar-refractivity contribution in [1.29, 1.82) is 0 Å². The van der Waals surface area contributed by atoms with Gasteiger partial charge < -0.3 is 10.6 Å². The van der Waals surface area contributed by atoms with Crippen LogP contribution in [0.4, 0.5) is 0 Å². The number of aryl methyl sites for hydroxylation is 1. The van der Waals surface area contributed by atoms with Crippen LogP contribution in [-0.4, -0.2) is 35.7 Å². The summed E-state index contributed by atoms with van der Waals surface area (Å²) in [5.74, 6) is 0.162. The Labute approximate surface area is 124 Å². The first-order chi connectivity index (χ1) is 10.2. The van der Waals surface area contributed by atoms with Crippen LogP contribution in [0.2, 0.25) is 0 Å². The van der Waals surface area contributed by atoms with Gasteiger partial charge in [-0.05, 0) is 50.3 Å². The number of rotatable bonds is 5. The number of H-pyrrole nitrogens is 1. The number of aromatic nitrogens is 2. The quantitative estimate of drug-likeness (QED) is 0.742. The van der Waals surface area contributed by atoms with Crippen molar-refractivity contribution < 1.29 is 4.79 Å². The third-order valence-electron chi connectivity index (χ3n) is 4.04. The number of piperidine rings is 1. The molecular formula is C15H24N4O2. The van der Waals surface area contributed by atoms with E-state index in [0.29, 0.717) is 25.3 Å². The molecule has 116 valence electrons. The lowest BCUT2D eigenvalue weighted by atomic mass is 9.99. The minimum absolute atomic E-state index is 0.230. The fourth-order valence-corrected chi connectivity index (χ4v) is 2.86. The zero-order valence-corrected chi connectivity index (χ0v) is 12.8. The Morgan fingerprint density at radius 1 is 1.38 bits per heavy atom. The number of carbonyl (C=O) groups excluding carboxylic acids is 1. The lowest BCUT2D eigenvalue weighted by Crippen LogP contribution is -2.40. The van der Waals surface area contributed by atoms with Crippen molar-refractivity contribution in [2.24, 2.45) is 5.92 Å². The van der Waals surface area contributed by atoms with Gasteiger partial charge in [-0.1, -0.05) is 13.8 Å². The van der Waals surface area contributed by atoms with Gasteiger partial charge in [0, 0.05) is 6.54 Å². The van der Waals surface area contributed by atoms with Gasteiger partial charge in [0.1, 0.15) is 5.56 Å². The van der Waals surface area contributed by atoms with E-state index in [-0.39, 0.29) is 11.5 Å². The molecule has 1 fully saturated rings. The number of nitrogens with one attached hydrogen (secondary N) is 3. The summed E-state index contributed by atoms with van der Waals surface area (Å²) in [6, 6.07) is 0. The maximum absolute atomic E-state index is 12.4. The van der Waals surface area contributed by atoms with E-state index in [1.54, 1.807) is 0 Å². The zero-order chi connectivity index (χ0) is 15.2. The van der Waals surface area contributed by atoms with Gasteiger partial charge >= 0.3 is 0 Å². The first-order valence-corrected chi connectivity index (χ1v) is 7.76. The standard InChI is InChI=1S/C15H24N4O2/c1-3-11-12(4-2)18-19-15(21)13(11)14(20)17-9-10-6-5-7-16-8-10/h10,16H,3-9H2,1-2H3,(H,17,20)(H,19,21). The van der Waals surface area contributed by atoms with Crippen LogP contribution >= 0.6 is 0 Å². The number of amides is 1. The maximum Gasteiger partial charge on any atom is 0.277 e. The van der Waals surface area contributed by atoms with Crippen LogP contribution in [0, 0.1) is 5.92 Å². The van der Waals surface area contributed by atoms with Crippen molar-refractivity contribution >= 4 is 5.91 Å². The zero-order valence-electron chi connectivity index (χ0n) is 12.8. The van der Waals surface area contributed by atoms with E-state index >= 15 is 0 Å². The Morgan fingerprint density at radius 3 is 2.81 bits per heavy atom. The number of nitrogens with zero attached hydrogens (tertiary/aromatic N) is 1. The van der Waals surface area contributed by atoms with Gasteiger partial charge in [0.25, 0.3) is 11.5 Å². The second-order valence-corrected chi connectivity index (χ2v) is 5.48. The van der Waals surface area contributed by atoms with E-state index in [1.807, 2.05) is 13.8 Å². The minimum atomic E-state index is -0.400. The normalized spacial score (nSPS) is 18.5. The Morgan fingerprint density at radius 2 is 2.19 bits per heavy atom. The highest BCUT2D eigenvalue weighted by Crippen LogP contribution is 2.11. The highest BCUT2D eigenvalue weighted by molar-refractivity contribution is 5.95. The monoisotopic (exact) mass is 292 g/mol. The molecule has 1 aliphatic heterocycles. The lowest BCUT2D eigenvalue weighted by Gasteiger charge is -2.23. The molecule has 2 rings (SSSR count). The lowest BCUT2D eigenvalue weighted by molar-refractivity contribution is 0.0942. The topological polar surface area (TPSA) is 86.9 Å². The van der Waals surface area contributed by atoms with E-state index in [0.717, 1.165) is 37.2 Å². The number of hydrogen-bond donors (Lipinski definition) is 3. The SMILES string of the molecule is CCc1n[nH]c(=O)c(C(=O)NCC2CCCNC2)c1CC. The van der Waals surface area contributed by atoms with Crippen molar-refractivity contribution in [2.45, 2.75) is 39.5 Å². The van der Waals surface area contributed by atoms with E-state index < -0.39 is 5.56 Å². The van der Waals surface area contributed by atoms with E-state index in [2.05, 4.69) is 20.8 Å². The molecule has 6 nitrogen and oxygen atoms in total. The summed E-state index contributed by atoms with van der Waals surface area (Å²) in [5, 5.41) is 12.7. The Bertz CT molecular complexity index is 547. The van der Waals surface area contributed by atoms with Crippen molar-refractivity contribution in [3.63, 3.8) is 0 Å². The molecule has 1 aromatic heterocycles. The van der Waals surface area contributed by atoms with Gasteiger partial charge in [0.2, 0.25) is 0 Å². The minimum Gasteiger partial charge on any atom is -0.352 e. The van der Waals surface area contributed by atoms with Crippen molar-refractivity contribution in [3.8, 4) is 0 Å². The molecule has 3 N–H and O–H groups in total. The highest BCUT2D eigenvalue weighted by atomic mass is 16.2. The second kappa shape index (κ2) is 7.36. The molecule has 0 bridgehead atoms. The van der Waals surface area contributed by atoms with Crippen LogP contribution in [0.25, 0.3) is 0 Å². The summed E-state index contributed by atoms with van der Waals surface area (Å²) in [6.07, 6.45) is 3.58. The number of aromatic amines is 1. The molecule has 1 amide bonds. The molecule has 1 atom stereocenters. The Balaban J connectivity index is 2.12. The van der Waals surface area contributed by atoms with Gasteiger partial charge in [-0.3, -0.25) is 9.59 Å². The largest absolute Gasteiger partial charge is 0.352 e. The summed E-state index contributed by atoms with van der Waals surface area (Å²) >= 11 is 0. The summed E-state index contributed by atoms with van der Waals surface area (Å²) in [4.78, 5) is 24.3. The van der Waals surface area contributed by atoms with Gasteiger partial charge in [-0.25, -0.2) is 5.10 Å². The van der Waals surface area contributed by atoms with E-state index in [1.165, 1.54) is 0 Å². The molecule has 6 heteroatoms. The maximum atomic E-state index is 12.4. The predicted octanol–water partition coefficient (Wildman–Crippen LogP) is 0.624. The van der Waals surface area contributed by atoms with E-state index in [4.69, 9.17) is 0 Å². The fraction of sp³-hybridized carbons (Fsp3) is 0.667. The molecule has 0 spiro atoms. The van der Waals surface area contributed by atoms with Gasteiger partial charge in [-0.2, -0.15) is 5.10 Å². The molecule has 1 aromatic rings. The third kappa shape index (κ3) is 3.69. The Hall–Kier alpha value is -1.69. The molecule has 1 aliphatic rings. The number of hydrogen-bond acceptors (Lipinski definition) is 4. The molecule has 0 radical (unpaired) electrons. The summed E-state index contributed by atoms with van der Waals surface area (Å²) in [6.45, 7) is 6.49. The molecule has 1 unspecified atom stereocenters. The first-order valence-electron chi connectivity index (χ1n) is 7.76. The van der Waals surface area contributed by atoms with Crippen molar-refractivity contribution in [3.05, 3.63) is 27.2 Å². The van der Waals surface area contributed by atoms with Crippen LogP contribution in [0.5, 0.6) is 0 Å². The highest BCUT2D eigenvalue weighted by Gasteiger charge is 2.20. The second-order valence-electron chi connectivity index (χ2n) is 5.48. The fourth-order valence-electron chi connectivity index (χ4n) is 2.86. The molecule has 0 saturated carbocycles. The Kier molecular flexibility index (Phi) is 5.50. The van der Waals surface area contributed by atoms with Gasteiger partial charge in [0.05, 0.1) is 5.69 Å². The van der Waals surface area contributed by atoms with Crippen LogP contribution in [0.1, 0.15) is 48.3 Å². The summed E-state index contributed by atoms with van der Waals surface area (Å²) in [5.41, 5.74) is 1.39. The van der Waals surface area contributed by atoms with Crippen LogP contribution < -0.4 is 16.2 Å². The summed E-state index contributed by atoms with van der Waals surface area (Å²) < 4.78 is 0. The molecule has 0 aromatic carbocycles. The van der Waals surface area contributed by atoms with Gasteiger partial charge in [-0.15, -0.1) is 0 Å².